The lowest BCUT2D eigenvalue weighted by Gasteiger charge is -2.06. The maximum absolute atomic E-state index is 12.0. The second-order valence-corrected chi connectivity index (χ2v) is 3.19. The van der Waals surface area contributed by atoms with Crippen molar-refractivity contribution in [3.63, 3.8) is 0 Å². The van der Waals surface area contributed by atoms with Gasteiger partial charge in [-0.1, -0.05) is 12.1 Å². The molecule has 2 aromatic rings. The Labute approximate surface area is 92.4 Å². The number of carbonyl (C=O) groups is 1. The number of hydrogen-bond donors (Lipinski definition) is 1. The Bertz CT molecular complexity index is 519. The molecule has 1 heterocycles. The second-order valence-electron chi connectivity index (χ2n) is 3.19. The van der Waals surface area contributed by atoms with Crippen LogP contribution in [0.2, 0.25) is 0 Å². The summed E-state index contributed by atoms with van der Waals surface area (Å²) in [5.41, 5.74) is 5.90. The lowest BCUT2D eigenvalue weighted by Crippen LogP contribution is -2.13. The number of nitrogens with two attached hydrogens (primary N) is 1. The molecular weight excluding hydrogens is 206 g/mol. The van der Waals surface area contributed by atoms with E-state index < -0.39 is 0 Å². The summed E-state index contributed by atoms with van der Waals surface area (Å²) in [6, 6.07) is 8.53. The minimum Gasteiger partial charge on any atom is -0.496 e. The number of para-hydroxylation sites is 1. The van der Waals surface area contributed by atoms with Crippen molar-refractivity contribution in [3.8, 4) is 5.75 Å². The molecule has 5 nitrogen and oxygen atoms in total. The highest BCUT2D eigenvalue weighted by Gasteiger charge is 2.13. The van der Waals surface area contributed by atoms with E-state index in [-0.39, 0.29) is 5.91 Å². The van der Waals surface area contributed by atoms with E-state index in [1.807, 2.05) is 0 Å². The Morgan fingerprint density at radius 1 is 1.38 bits per heavy atom. The first kappa shape index (κ1) is 10.2. The van der Waals surface area contributed by atoms with Gasteiger partial charge in [0, 0.05) is 12.3 Å². The summed E-state index contributed by atoms with van der Waals surface area (Å²) in [5.74, 6) is 0.555. The van der Waals surface area contributed by atoms with Crippen molar-refractivity contribution in [3.05, 3.63) is 42.1 Å². The third-order valence-corrected chi connectivity index (χ3v) is 2.16. The van der Waals surface area contributed by atoms with Crippen molar-refractivity contribution in [2.45, 2.75) is 0 Å². The summed E-state index contributed by atoms with van der Waals surface area (Å²) in [5, 5.41) is 3.85. The summed E-state index contributed by atoms with van der Waals surface area (Å²) in [7, 11) is 1.52. The lowest BCUT2D eigenvalue weighted by molar-refractivity contribution is 0.0942. The zero-order valence-electron chi connectivity index (χ0n) is 8.75. The van der Waals surface area contributed by atoms with Gasteiger partial charge in [0.05, 0.1) is 12.7 Å². The third-order valence-electron chi connectivity index (χ3n) is 2.16. The van der Waals surface area contributed by atoms with Crippen LogP contribution in [0, 0.1) is 0 Å². The highest BCUT2D eigenvalue weighted by Crippen LogP contribution is 2.18. The van der Waals surface area contributed by atoms with Crippen LogP contribution in [-0.4, -0.2) is 22.8 Å². The highest BCUT2D eigenvalue weighted by atomic mass is 16.5. The van der Waals surface area contributed by atoms with Crippen LogP contribution in [0.4, 0.5) is 5.82 Å². The van der Waals surface area contributed by atoms with Gasteiger partial charge in [-0.25, -0.2) is 4.68 Å². The first-order valence-electron chi connectivity index (χ1n) is 4.71. The van der Waals surface area contributed by atoms with Crippen LogP contribution in [0.3, 0.4) is 0 Å². The van der Waals surface area contributed by atoms with E-state index >= 15 is 0 Å². The lowest BCUT2D eigenvalue weighted by atomic mass is 10.2. The van der Waals surface area contributed by atoms with Gasteiger partial charge >= 0.3 is 0 Å². The normalized spacial score (nSPS) is 10.1. The van der Waals surface area contributed by atoms with E-state index in [9.17, 15) is 4.79 Å². The zero-order valence-corrected chi connectivity index (χ0v) is 8.75. The second kappa shape index (κ2) is 4.06. The molecule has 0 radical (unpaired) electrons. The first-order valence-corrected chi connectivity index (χ1v) is 4.71. The molecule has 0 bridgehead atoms. The predicted molar refractivity (Wildman–Crippen MR) is 59.4 cm³/mol. The van der Waals surface area contributed by atoms with Gasteiger partial charge in [-0.3, -0.25) is 4.79 Å². The molecule has 2 rings (SSSR count). The number of carbonyl (C=O) groups excluding carboxylic acids is 1. The van der Waals surface area contributed by atoms with Crippen molar-refractivity contribution < 1.29 is 9.53 Å². The predicted octanol–water partition coefficient (Wildman–Crippen LogP) is 1.16. The van der Waals surface area contributed by atoms with Crippen molar-refractivity contribution in [2.75, 3.05) is 12.8 Å². The Kier molecular flexibility index (Phi) is 2.59. The number of nitrogen functional groups attached to an aromatic ring is 1. The van der Waals surface area contributed by atoms with Gasteiger partial charge in [0.1, 0.15) is 11.6 Å². The monoisotopic (exact) mass is 217 g/mol. The molecule has 0 aliphatic carbocycles. The number of ether oxygens (including phenoxy) is 1. The van der Waals surface area contributed by atoms with Gasteiger partial charge < -0.3 is 10.5 Å². The fourth-order valence-electron chi connectivity index (χ4n) is 1.40. The molecule has 0 fully saturated rings. The molecule has 1 aromatic heterocycles. The SMILES string of the molecule is COc1ccccc1C(=O)n1ccc(N)n1. The number of aromatic nitrogens is 2. The number of rotatable bonds is 2. The standard InChI is InChI=1S/C11H11N3O2/c1-16-9-5-3-2-4-8(9)11(15)14-7-6-10(12)13-14/h2-7H,1H3,(H2,12,13). The van der Waals surface area contributed by atoms with Crippen LogP contribution in [0.1, 0.15) is 10.4 Å². The number of methoxy groups -OCH3 is 1. The Morgan fingerprint density at radius 2 is 2.12 bits per heavy atom. The quantitative estimate of drug-likeness (QED) is 0.819. The number of nitrogens with zero attached hydrogens (tertiary/aromatic N) is 2. The molecule has 0 aliphatic rings. The molecule has 0 atom stereocenters. The molecule has 0 saturated heterocycles. The van der Waals surface area contributed by atoms with Crippen molar-refractivity contribution in [1.82, 2.24) is 9.78 Å². The third kappa shape index (κ3) is 1.75. The van der Waals surface area contributed by atoms with E-state index in [1.54, 1.807) is 30.3 Å². The summed E-state index contributed by atoms with van der Waals surface area (Å²) < 4.78 is 6.29. The molecule has 0 unspecified atom stereocenters. The maximum Gasteiger partial charge on any atom is 0.281 e. The summed E-state index contributed by atoms with van der Waals surface area (Å²) >= 11 is 0. The van der Waals surface area contributed by atoms with Gasteiger partial charge in [-0.2, -0.15) is 0 Å². The van der Waals surface area contributed by atoms with Gasteiger partial charge in [-0.05, 0) is 12.1 Å². The average Bonchev–Trinajstić information content (AvgIpc) is 2.75. The van der Waals surface area contributed by atoms with Crippen molar-refractivity contribution in [1.29, 1.82) is 0 Å². The zero-order chi connectivity index (χ0) is 11.5. The highest BCUT2D eigenvalue weighted by molar-refractivity contribution is 5.98. The first-order chi connectivity index (χ1) is 7.72. The van der Waals surface area contributed by atoms with E-state index in [2.05, 4.69) is 5.10 Å². The van der Waals surface area contributed by atoms with Crippen molar-refractivity contribution in [2.24, 2.45) is 0 Å². The van der Waals surface area contributed by atoms with Crippen LogP contribution in [-0.2, 0) is 0 Å². The maximum atomic E-state index is 12.0. The fourth-order valence-corrected chi connectivity index (χ4v) is 1.40. The van der Waals surface area contributed by atoms with E-state index in [0.717, 1.165) is 0 Å². The average molecular weight is 217 g/mol. The van der Waals surface area contributed by atoms with E-state index in [1.165, 1.54) is 18.0 Å². The minimum atomic E-state index is -0.269. The number of hydrogen-bond acceptors (Lipinski definition) is 4. The topological polar surface area (TPSA) is 70.1 Å². The molecule has 0 spiro atoms. The van der Waals surface area contributed by atoms with Gasteiger partial charge in [0.15, 0.2) is 0 Å². The van der Waals surface area contributed by atoms with E-state index in [4.69, 9.17) is 10.5 Å². The molecule has 16 heavy (non-hydrogen) atoms. The van der Waals surface area contributed by atoms with Crippen LogP contribution in [0.15, 0.2) is 36.5 Å². The van der Waals surface area contributed by atoms with Crippen LogP contribution in [0.5, 0.6) is 5.75 Å². The molecule has 2 N–H and O–H groups in total. The summed E-state index contributed by atoms with van der Waals surface area (Å²) in [6.07, 6.45) is 1.52. The van der Waals surface area contributed by atoms with Gasteiger partial charge in [0.25, 0.3) is 5.91 Å². The van der Waals surface area contributed by atoms with Gasteiger partial charge in [0.2, 0.25) is 0 Å². The smallest absolute Gasteiger partial charge is 0.281 e. The molecule has 1 aromatic carbocycles. The number of anilines is 1. The summed E-state index contributed by atoms with van der Waals surface area (Å²) in [4.78, 5) is 12.0. The minimum absolute atomic E-state index is 0.269. The number of benzene rings is 1. The Balaban J connectivity index is 2.41. The summed E-state index contributed by atoms with van der Waals surface area (Å²) in [6.45, 7) is 0. The molecule has 82 valence electrons. The van der Waals surface area contributed by atoms with Crippen molar-refractivity contribution >= 4 is 11.7 Å². The van der Waals surface area contributed by atoms with Crippen LogP contribution < -0.4 is 10.5 Å². The molecular formula is C11H11N3O2. The fraction of sp³-hybridized carbons (Fsp3) is 0.0909. The van der Waals surface area contributed by atoms with Gasteiger partial charge in [-0.15, -0.1) is 5.10 Å². The Hall–Kier alpha value is -2.30. The van der Waals surface area contributed by atoms with Crippen LogP contribution in [0.25, 0.3) is 0 Å². The molecule has 5 heteroatoms. The van der Waals surface area contributed by atoms with Crippen LogP contribution >= 0.6 is 0 Å². The molecule has 0 amide bonds. The largest absolute Gasteiger partial charge is 0.496 e. The molecule has 0 saturated carbocycles. The molecule has 0 aliphatic heterocycles. The van der Waals surface area contributed by atoms with E-state index in [0.29, 0.717) is 17.1 Å². The Morgan fingerprint density at radius 3 is 2.75 bits per heavy atom.